The van der Waals surface area contributed by atoms with Gasteiger partial charge < -0.3 is 0 Å². The topological polar surface area (TPSA) is 84.0 Å². The lowest BCUT2D eigenvalue weighted by molar-refractivity contribution is 0.819. The van der Waals surface area contributed by atoms with Gasteiger partial charge in [-0.05, 0) is 43.3 Å². The lowest BCUT2D eigenvalue weighted by Crippen LogP contribution is -2.26. The fourth-order valence-electron chi connectivity index (χ4n) is 1.93. The first-order chi connectivity index (χ1) is 11.6. The molecule has 0 aliphatic rings. The van der Waals surface area contributed by atoms with Crippen LogP contribution in [0.2, 0.25) is 5.02 Å². The van der Waals surface area contributed by atoms with Crippen LogP contribution in [0.25, 0.3) is 10.9 Å². The molecule has 0 aliphatic heterocycles. The summed E-state index contributed by atoms with van der Waals surface area (Å²) in [6, 6.07) is 14.0. The Balaban J connectivity index is 1.76. The van der Waals surface area contributed by atoms with E-state index in [2.05, 4.69) is 25.8 Å². The Morgan fingerprint density at radius 2 is 1.92 bits per heavy atom. The van der Waals surface area contributed by atoms with Crippen LogP contribution in [0, 0.1) is 0 Å². The zero-order valence-electron chi connectivity index (χ0n) is 12.7. The average molecular weight is 341 g/mol. The maximum atomic E-state index is 12.3. The Labute approximate surface area is 142 Å². The molecular weight excluding hydrogens is 328 g/mol. The molecule has 1 heterocycles. The van der Waals surface area contributed by atoms with Crippen LogP contribution in [0.1, 0.15) is 6.92 Å². The van der Waals surface area contributed by atoms with Crippen molar-refractivity contribution in [2.45, 2.75) is 6.92 Å². The van der Waals surface area contributed by atoms with Gasteiger partial charge >= 0.3 is 0 Å². The van der Waals surface area contributed by atoms with Crippen molar-refractivity contribution in [1.29, 1.82) is 0 Å². The maximum absolute atomic E-state index is 12.3. The Kier molecular flexibility index (Phi) is 4.62. The molecule has 3 aromatic rings. The molecule has 0 amide bonds. The molecule has 2 aromatic carbocycles. The van der Waals surface area contributed by atoms with Crippen molar-refractivity contribution in [2.24, 2.45) is 15.3 Å². The van der Waals surface area contributed by atoms with Crippen molar-refractivity contribution >= 4 is 34.0 Å². The Morgan fingerprint density at radius 1 is 1.17 bits per heavy atom. The van der Waals surface area contributed by atoms with E-state index in [0.29, 0.717) is 27.4 Å². The summed E-state index contributed by atoms with van der Waals surface area (Å²) in [6.45, 7) is 1.66. The summed E-state index contributed by atoms with van der Waals surface area (Å²) < 4.78 is 1.18. The number of amidine groups is 1. The van der Waals surface area contributed by atoms with Crippen LogP contribution in [0.3, 0.4) is 0 Å². The maximum Gasteiger partial charge on any atom is 0.281 e. The lowest BCUT2D eigenvalue weighted by Gasteiger charge is -2.04. The zero-order valence-corrected chi connectivity index (χ0v) is 13.5. The SMILES string of the molecule is CC(N=Nc1ccc(Cl)cc1)=NNn1cnc2ccccc2c1=O. The molecular formula is C16H13ClN6O. The number of hydrazone groups is 1. The molecule has 0 radical (unpaired) electrons. The Hall–Kier alpha value is -3.06. The van der Waals surface area contributed by atoms with E-state index < -0.39 is 0 Å². The minimum Gasteiger partial charge on any atom is -0.267 e. The van der Waals surface area contributed by atoms with Crippen LogP contribution in [-0.2, 0) is 0 Å². The van der Waals surface area contributed by atoms with Gasteiger partial charge in [-0.3, -0.25) is 4.79 Å². The number of nitrogens with zero attached hydrogens (tertiary/aromatic N) is 5. The standard InChI is InChI=1S/C16H13ClN6O/c1-11(19-21-13-8-6-12(17)7-9-13)20-22-23-10-18-15-5-3-2-4-14(15)16(23)24/h2-10,22H,1H3. The minimum absolute atomic E-state index is 0.244. The summed E-state index contributed by atoms with van der Waals surface area (Å²) in [5.41, 5.74) is 3.64. The summed E-state index contributed by atoms with van der Waals surface area (Å²) in [4.78, 5) is 16.5. The quantitative estimate of drug-likeness (QED) is 0.341. The molecule has 0 spiro atoms. The predicted molar refractivity (Wildman–Crippen MR) is 94.4 cm³/mol. The number of hydrogen-bond donors (Lipinski definition) is 1. The smallest absolute Gasteiger partial charge is 0.267 e. The van der Waals surface area contributed by atoms with E-state index in [0.717, 1.165) is 0 Å². The third-order valence-corrected chi connectivity index (χ3v) is 3.37. The van der Waals surface area contributed by atoms with Gasteiger partial charge in [-0.2, -0.15) is 4.68 Å². The van der Waals surface area contributed by atoms with E-state index in [-0.39, 0.29) is 5.56 Å². The molecule has 0 unspecified atom stereocenters. The molecule has 1 N–H and O–H groups in total. The fourth-order valence-corrected chi connectivity index (χ4v) is 2.05. The third-order valence-electron chi connectivity index (χ3n) is 3.12. The van der Waals surface area contributed by atoms with Gasteiger partial charge in [0.05, 0.1) is 16.6 Å². The Bertz CT molecular complexity index is 978. The summed E-state index contributed by atoms with van der Waals surface area (Å²) in [6.07, 6.45) is 1.37. The van der Waals surface area contributed by atoms with Crippen LogP contribution >= 0.6 is 11.6 Å². The van der Waals surface area contributed by atoms with Crippen LogP contribution in [0.4, 0.5) is 5.69 Å². The van der Waals surface area contributed by atoms with Crippen LogP contribution in [0.5, 0.6) is 0 Å². The number of rotatable bonds is 3. The van der Waals surface area contributed by atoms with Crippen LogP contribution < -0.4 is 11.1 Å². The first-order valence-corrected chi connectivity index (χ1v) is 7.45. The minimum atomic E-state index is -0.244. The third kappa shape index (κ3) is 3.64. The first kappa shape index (κ1) is 15.8. The van der Waals surface area contributed by atoms with Gasteiger partial charge in [0.2, 0.25) is 0 Å². The van der Waals surface area contributed by atoms with Crippen molar-refractivity contribution in [3.05, 3.63) is 70.2 Å². The first-order valence-electron chi connectivity index (χ1n) is 7.07. The van der Waals surface area contributed by atoms with Gasteiger partial charge in [0, 0.05) is 5.02 Å². The molecule has 0 atom stereocenters. The van der Waals surface area contributed by atoms with Crippen molar-refractivity contribution in [2.75, 3.05) is 5.53 Å². The molecule has 24 heavy (non-hydrogen) atoms. The number of azo groups is 1. The molecule has 7 nitrogen and oxygen atoms in total. The molecule has 3 rings (SSSR count). The molecule has 0 saturated heterocycles. The monoisotopic (exact) mass is 340 g/mol. The highest BCUT2D eigenvalue weighted by Gasteiger charge is 2.02. The van der Waals surface area contributed by atoms with Crippen molar-refractivity contribution in [3.8, 4) is 0 Å². The molecule has 120 valence electrons. The number of para-hydroxylation sites is 1. The van der Waals surface area contributed by atoms with E-state index in [1.807, 2.05) is 6.07 Å². The van der Waals surface area contributed by atoms with E-state index >= 15 is 0 Å². The second-order valence-electron chi connectivity index (χ2n) is 4.87. The van der Waals surface area contributed by atoms with Crippen LogP contribution in [-0.4, -0.2) is 15.5 Å². The van der Waals surface area contributed by atoms with Crippen molar-refractivity contribution in [3.63, 3.8) is 0 Å². The molecule has 0 bridgehead atoms. The zero-order chi connectivity index (χ0) is 16.9. The van der Waals surface area contributed by atoms with Crippen molar-refractivity contribution in [1.82, 2.24) is 9.66 Å². The van der Waals surface area contributed by atoms with Gasteiger partial charge in [0.1, 0.15) is 6.33 Å². The molecule has 1 aromatic heterocycles. The number of aromatic nitrogens is 2. The van der Waals surface area contributed by atoms with Gasteiger partial charge in [0.25, 0.3) is 5.56 Å². The normalized spacial score (nSPS) is 12.0. The molecule has 0 aliphatic carbocycles. The molecule has 0 saturated carbocycles. The van der Waals surface area contributed by atoms with Crippen molar-refractivity contribution < 1.29 is 0 Å². The fraction of sp³-hybridized carbons (Fsp3) is 0.0625. The predicted octanol–water partition coefficient (Wildman–Crippen LogP) is 3.71. The van der Waals surface area contributed by atoms with Gasteiger partial charge in [-0.25, -0.2) is 10.5 Å². The Morgan fingerprint density at radius 3 is 2.71 bits per heavy atom. The van der Waals surface area contributed by atoms with E-state index in [4.69, 9.17) is 11.6 Å². The number of fused-ring (bicyclic) bond motifs is 1. The number of halogens is 1. The van der Waals surface area contributed by atoms with Crippen LogP contribution in [0.15, 0.2) is 75.0 Å². The van der Waals surface area contributed by atoms with E-state index in [1.54, 1.807) is 49.4 Å². The van der Waals surface area contributed by atoms with Gasteiger partial charge in [-0.1, -0.05) is 23.7 Å². The lowest BCUT2D eigenvalue weighted by atomic mass is 10.2. The summed E-state index contributed by atoms with van der Waals surface area (Å²) in [5, 5.41) is 13.1. The number of hydrogen-bond acceptors (Lipinski definition) is 5. The van der Waals surface area contributed by atoms with Gasteiger partial charge in [0.15, 0.2) is 5.84 Å². The highest BCUT2D eigenvalue weighted by Crippen LogP contribution is 2.16. The summed E-state index contributed by atoms with van der Waals surface area (Å²) >= 11 is 5.80. The number of benzene rings is 2. The number of nitrogens with one attached hydrogen (secondary N) is 1. The highest BCUT2D eigenvalue weighted by atomic mass is 35.5. The second-order valence-corrected chi connectivity index (χ2v) is 5.31. The average Bonchev–Trinajstić information content (AvgIpc) is 2.61. The van der Waals surface area contributed by atoms with E-state index in [1.165, 1.54) is 11.0 Å². The largest absolute Gasteiger partial charge is 0.281 e. The highest BCUT2D eigenvalue weighted by molar-refractivity contribution is 6.30. The van der Waals surface area contributed by atoms with E-state index in [9.17, 15) is 4.79 Å². The van der Waals surface area contributed by atoms with Gasteiger partial charge in [-0.15, -0.1) is 15.3 Å². The second kappa shape index (κ2) is 7.01. The summed E-state index contributed by atoms with van der Waals surface area (Å²) in [7, 11) is 0. The molecule has 0 fully saturated rings. The molecule has 8 heteroatoms. The summed E-state index contributed by atoms with van der Waals surface area (Å²) in [5.74, 6) is 0.352.